The molecule has 2 rings (SSSR count). The van der Waals surface area contributed by atoms with E-state index in [-0.39, 0.29) is 86.4 Å². The zero-order valence-electron chi connectivity index (χ0n) is 41.3. The van der Waals surface area contributed by atoms with Gasteiger partial charge < -0.3 is 28.1 Å². The number of rotatable bonds is 34. The fourth-order valence-corrected chi connectivity index (χ4v) is 7.08. The molecule has 2 aromatic carbocycles. The van der Waals surface area contributed by atoms with Crippen LogP contribution in [0.25, 0.3) is 0 Å². The van der Waals surface area contributed by atoms with E-state index in [0.717, 1.165) is 139 Å². The maximum absolute atomic E-state index is 12.6. The number of benzene rings is 2. The second-order valence-corrected chi connectivity index (χ2v) is 18.6. The number of carbonyl (C=O) groups is 4. The molecule has 0 bridgehead atoms. The zero-order chi connectivity index (χ0) is 50.5. The molecule has 2 aromatic rings. The molecule has 380 valence electrons. The van der Waals surface area contributed by atoms with Gasteiger partial charge in [-0.15, -0.1) is 0 Å². The van der Waals surface area contributed by atoms with Gasteiger partial charge in [0.25, 0.3) is 0 Å². The summed E-state index contributed by atoms with van der Waals surface area (Å²) in [5.41, 5.74) is -0.815. The second kappa shape index (κ2) is 40.0. The number of hydrogen-bond donors (Lipinski definition) is 0. The van der Waals surface area contributed by atoms with E-state index in [1.807, 2.05) is 0 Å². The Labute approximate surface area is 442 Å². The SMILES string of the molecule is CCC/C=C/CCCCOC(=O)c1ccc(S(=O)(=O)[O-])cc1C(=O)OCCCC/C=C/CCC.CCC/C=C/CCCCOC(=O)c1ccc(S(=O)(=O)[O-])cc1C(=O)OCCCC/C=C/CCC.[Ca+2]. The first-order valence-corrected chi connectivity index (χ1v) is 26.9. The molecule has 0 aliphatic heterocycles. The van der Waals surface area contributed by atoms with Crippen LogP contribution in [0.5, 0.6) is 0 Å². The fraction of sp³-hybridized carbons (Fsp3) is 0.538. The van der Waals surface area contributed by atoms with Crippen LogP contribution in [0.1, 0.15) is 198 Å². The molecule has 0 spiro atoms. The third-order valence-electron chi connectivity index (χ3n) is 9.92. The summed E-state index contributed by atoms with van der Waals surface area (Å²) < 4.78 is 89.4. The first-order chi connectivity index (χ1) is 32.6. The Kier molecular flexibility index (Phi) is 37.9. The Morgan fingerprint density at radius 2 is 0.623 bits per heavy atom. The van der Waals surface area contributed by atoms with Gasteiger partial charge in [-0.25, -0.2) is 36.0 Å². The minimum Gasteiger partial charge on any atom is -0.744 e. The van der Waals surface area contributed by atoms with Gasteiger partial charge in [0.2, 0.25) is 0 Å². The molecular formula is C52H74CaO14S2. The largest absolute Gasteiger partial charge is 2.00 e. The van der Waals surface area contributed by atoms with Crippen LogP contribution in [-0.4, -0.2) is 114 Å². The van der Waals surface area contributed by atoms with Crippen LogP contribution >= 0.6 is 0 Å². The van der Waals surface area contributed by atoms with E-state index in [0.29, 0.717) is 25.7 Å². The van der Waals surface area contributed by atoms with Crippen molar-refractivity contribution in [2.24, 2.45) is 0 Å². The maximum Gasteiger partial charge on any atom is 2.00 e. The van der Waals surface area contributed by atoms with E-state index in [2.05, 4.69) is 76.3 Å². The van der Waals surface area contributed by atoms with Crippen LogP contribution < -0.4 is 0 Å². The Bertz CT molecular complexity index is 1990. The average Bonchev–Trinajstić information content (AvgIpc) is 3.31. The van der Waals surface area contributed by atoms with E-state index in [9.17, 15) is 45.1 Å². The van der Waals surface area contributed by atoms with Gasteiger partial charge in [0.1, 0.15) is 20.2 Å². The number of unbranched alkanes of at least 4 members (excludes halogenated alkanes) is 12. The molecule has 0 saturated carbocycles. The summed E-state index contributed by atoms with van der Waals surface area (Å²) >= 11 is 0. The first-order valence-electron chi connectivity index (χ1n) is 24.1. The molecule has 0 heterocycles. The Balaban J connectivity index is 0.00000132. The van der Waals surface area contributed by atoms with Crippen molar-refractivity contribution in [1.29, 1.82) is 0 Å². The van der Waals surface area contributed by atoms with Crippen molar-refractivity contribution < 1.29 is 64.1 Å². The molecule has 0 N–H and O–H groups in total. The standard InChI is InChI=1S/2C26H38O7S.Ca/c2*1-3-5-7-9-11-13-15-19-32-25(27)23-18-17-22(34(29,30)31)21-24(23)26(28)33-20-16-14-12-10-8-6-4-2;/h2*7-10,17-18,21H,3-6,11-16,19-20H2,1-2H3,(H,29,30,31);/q;;+2/p-2/b2*9-7+,10-8+;. The van der Waals surface area contributed by atoms with E-state index < -0.39 is 53.9 Å². The monoisotopic (exact) mass is 1030 g/mol. The molecule has 0 amide bonds. The molecule has 0 radical (unpaired) electrons. The van der Waals surface area contributed by atoms with Crippen LogP contribution in [0.3, 0.4) is 0 Å². The minimum atomic E-state index is -4.80. The maximum atomic E-state index is 12.6. The minimum absolute atomic E-state index is 0. The molecule has 0 unspecified atom stereocenters. The molecule has 0 aliphatic carbocycles. The summed E-state index contributed by atoms with van der Waals surface area (Å²) in [6.45, 7) is 9.01. The van der Waals surface area contributed by atoms with Gasteiger partial charge in [-0.3, -0.25) is 0 Å². The van der Waals surface area contributed by atoms with E-state index in [1.54, 1.807) is 0 Å². The molecule has 14 nitrogen and oxygen atoms in total. The van der Waals surface area contributed by atoms with Gasteiger partial charge in [-0.05, 0) is 139 Å². The van der Waals surface area contributed by atoms with Crippen molar-refractivity contribution in [3.8, 4) is 0 Å². The van der Waals surface area contributed by atoms with Crippen molar-refractivity contribution in [3.05, 3.63) is 107 Å². The van der Waals surface area contributed by atoms with Gasteiger partial charge in [0.15, 0.2) is 0 Å². The Morgan fingerprint density at radius 1 is 0.391 bits per heavy atom. The molecule has 0 aromatic heterocycles. The number of carbonyl (C=O) groups excluding carboxylic acids is 4. The van der Waals surface area contributed by atoms with Gasteiger partial charge in [0.05, 0.1) is 58.5 Å². The van der Waals surface area contributed by atoms with Crippen molar-refractivity contribution in [1.82, 2.24) is 0 Å². The summed E-state index contributed by atoms with van der Waals surface area (Å²) in [4.78, 5) is 49.0. The third-order valence-corrected chi connectivity index (χ3v) is 11.6. The third kappa shape index (κ3) is 30.7. The van der Waals surface area contributed by atoms with Gasteiger partial charge in [-0.1, -0.05) is 102 Å². The van der Waals surface area contributed by atoms with Crippen LogP contribution in [0.4, 0.5) is 0 Å². The fourth-order valence-electron chi connectivity index (χ4n) is 6.09. The summed E-state index contributed by atoms with van der Waals surface area (Å²) in [6.07, 6.45) is 34.8. The molecule has 0 atom stereocenters. The van der Waals surface area contributed by atoms with Crippen LogP contribution in [0.2, 0.25) is 0 Å². The topological polar surface area (TPSA) is 220 Å². The van der Waals surface area contributed by atoms with E-state index in [1.165, 1.54) is 0 Å². The Morgan fingerprint density at radius 3 is 0.855 bits per heavy atom. The molecular weight excluding hydrogens is 953 g/mol. The van der Waals surface area contributed by atoms with Gasteiger partial charge in [-0.2, -0.15) is 0 Å². The number of allylic oxidation sites excluding steroid dienone is 8. The first kappa shape index (κ1) is 65.4. The number of hydrogen-bond acceptors (Lipinski definition) is 14. The predicted molar refractivity (Wildman–Crippen MR) is 267 cm³/mol. The molecule has 17 heteroatoms. The van der Waals surface area contributed by atoms with Crippen molar-refractivity contribution in [2.45, 2.75) is 166 Å². The van der Waals surface area contributed by atoms with Crippen molar-refractivity contribution in [2.75, 3.05) is 26.4 Å². The molecule has 0 aliphatic rings. The van der Waals surface area contributed by atoms with Crippen LogP contribution in [0, 0.1) is 0 Å². The van der Waals surface area contributed by atoms with Gasteiger partial charge in [0, 0.05) is 0 Å². The average molecular weight is 1030 g/mol. The van der Waals surface area contributed by atoms with Crippen molar-refractivity contribution in [3.63, 3.8) is 0 Å². The second-order valence-electron chi connectivity index (χ2n) is 15.9. The zero-order valence-corrected chi connectivity index (χ0v) is 45.1. The van der Waals surface area contributed by atoms with Crippen LogP contribution in [-0.2, 0) is 39.2 Å². The molecule has 0 saturated heterocycles. The van der Waals surface area contributed by atoms with Crippen molar-refractivity contribution >= 4 is 81.9 Å². The van der Waals surface area contributed by atoms with E-state index >= 15 is 0 Å². The summed E-state index contributed by atoms with van der Waals surface area (Å²) in [6, 6.07) is 6.00. The summed E-state index contributed by atoms with van der Waals surface area (Å²) in [5.74, 6) is -3.24. The summed E-state index contributed by atoms with van der Waals surface area (Å²) in [7, 11) is -9.60. The predicted octanol–water partition coefficient (Wildman–Crippen LogP) is 11.5. The Hall–Kier alpha value is -3.64. The molecule has 0 fully saturated rings. The number of ether oxygens (including phenoxy) is 4. The van der Waals surface area contributed by atoms with Crippen LogP contribution in [0.15, 0.2) is 94.8 Å². The smallest absolute Gasteiger partial charge is 0.744 e. The quantitative estimate of drug-likeness (QED) is 0.0159. The number of esters is 4. The molecule has 69 heavy (non-hydrogen) atoms. The normalized spacial score (nSPS) is 11.7. The van der Waals surface area contributed by atoms with E-state index in [4.69, 9.17) is 18.9 Å². The van der Waals surface area contributed by atoms with Gasteiger partial charge >= 0.3 is 61.6 Å². The summed E-state index contributed by atoms with van der Waals surface area (Å²) in [5, 5.41) is 0.